The Bertz CT molecular complexity index is 1420. The van der Waals surface area contributed by atoms with Crippen molar-refractivity contribution in [3.63, 3.8) is 0 Å². The lowest BCUT2D eigenvalue weighted by molar-refractivity contribution is 0.139. The Morgan fingerprint density at radius 3 is 1.68 bits per heavy atom. The van der Waals surface area contributed by atoms with Gasteiger partial charge in [-0.15, -0.1) is 0 Å². The van der Waals surface area contributed by atoms with Crippen LogP contribution >= 0.6 is 0 Å². The predicted octanol–water partition coefficient (Wildman–Crippen LogP) is 3.78. The molecule has 1 N–H and O–H groups in total. The molecule has 0 amide bonds. The third-order valence-corrected chi connectivity index (χ3v) is 4.56. The molecule has 13 heteroatoms. The van der Waals surface area contributed by atoms with Gasteiger partial charge in [-0.25, -0.2) is 29.1 Å². The number of imidazole rings is 3. The lowest BCUT2D eigenvalue weighted by Crippen LogP contribution is -2.15. The molecule has 0 aromatic carbocycles. The summed E-state index contributed by atoms with van der Waals surface area (Å²) in [6.45, 7) is 5.42. The second kappa shape index (κ2) is 17.1. The van der Waals surface area contributed by atoms with Crippen molar-refractivity contribution in [1.29, 1.82) is 5.26 Å². The van der Waals surface area contributed by atoms with E-state index in [2.05, 4.69) is 24.9 Å². The molecule has 206 valence electrons. The molecule has 5 heterocycles. The zero-order valence-corrected chi connectivity index (χ0v) is 22.3. The van der Waals surface area contributed by atoms with Crippen LogP contribution in [0.4, 0.5) is 9.59 Å². The maximum atomic E-state index is 11.4. The van der Waals surface area contributed by atoms with Gasteiger partial charge < -0.3 is 9.84 Å². The summed E-state index contributed by atoms with van der Waals surface area (Å²) in [7, 11) is 0. The molecule has 0 aliphatic rings. The minimum absolute atomic E-state index is 0.0294. The minimum atomic E-state index is -0.458. The summed E-state index contributed by atoms with van der Waals surface area (Å²) in [5.74, 6) is 0. The van der Waals surface area contributed by atoms with Crippen molar-refractivity contribution in [1.82, 2.24) is 38.6 Å². The second-order valence-electron chi connectivity index (χ2n) is 7.67. The molecule has 5 rings (SSSR count). The van der Waals surface area contributed by atoms with E-state index in [4.69, 9.17) is 15.1 Å². The van der Waals surface area contributed by atoms with E-state index in [-0.39, 0.29) is 19.2 Å². The predicted molar refractivity (Wildman–Crippen MR) is 144 cm³/mol. The maximum absolute atomic E-state index is 11.4. The van der Waals surface area contributed by atoms with Crippen LogP contribution in [-0.4, -0.2) is 55.9 Å². The van der Waals surface area contributed by atoms with Crippen molar-refractivity contribution in [2.24, 2.45) is 0 Å². The SMILES string of the molecule is CC#N.Cc1cccc(CO)n1.Cc1cccc(COC(=O)n2ccnc2)n1.O=C(n1ccnc1)n1ccnc1. The van der Waals surface area contributed by atoms with Crippen LogP contribution in [0.2, 0.25) is 0 Å². The first-order chi connectivity index (χ1) is 19.4. The van der Waals surface area contributed by atoms with Crippen LogP contribution in [0.5, 0.6) is 0 Å². The number of pyridine rings is 2. The minimum Gasteiger partial charge on any atom is -0.442 e. The Kier molecular flexibility index (Phi) is 13.1. The van der Waals surface area contributed by atoms with E-state index in [1.165, 1.54) is 52.0 Å². The number of aryl methyl sites for hydroxylation is 2. The number of aliphatic hydroxyl groups excluding tert-OH is 1. The fourth-order valence-electron chi connectivity index (χ4n) is 2.82. The fourth-order valence-corrected chi connectivity index (χ4v) is 2.82. The van der Waals surface area contributed by atoms with Gasteiger partial charge in [-0.1, -0.05) is 12.1 Å². The summed E-state index contributed by atoms with van der Waals surface area (Å²) in [5, 5.41) is 15.9. The zero-order chi connectivity index (χ0) is 29.2. The molecular weight excluding hydrogens is 514 g/mol. The van der Waals surface area contributed by atoms with Gasteiger partial charge in [-0.3, -0.25) is 19.1 Å². The standard InChI is InChI=1S/C11H11N3O2.C7H6N4O.C7H9NO.C2H3N/c1-9-3-2-4-10(13-9)7-16-11(15)14-6-5-12-8-14;12-7(10-3-1-8-5-10)11-4-2-9-6-11;1-6-3-2-4-7(5-9)8-6;1-2-3/h2-6,8H,7H2,1H3;1-6H;2-4,9H,5H2,1H3;1H3. The van der Waals surface area contributed by atoms with Gasteiger partial charge in [0.25, 0.3) is 0 Å². The van der Waals surface area contributed by atoms with Crippen LogP contribution in [0, 0.1) is 25.2 Å². The third-order valence-electron chi connectivity index (χ3n) is 4.56. The zero-order valence-electron chi connectivity index (χ0n) is 22.3. The van der Waals surface area contributed by atoms with E-state index >= 15 is 0 Å². The topological polar surface area (TPSA) is 167 Å². The average molecular weight is 544 g/mol. The van der Waals surface area contributed by atoms with Crippen molar-refractivity contribution < 1.29 is 19.4 Å². The number of ether oxygens (including phenoxy) is 1. The Balaban J connectivity index is 0.000000207. The lowest BCUT2D eigenvalue weighted by Gasteiger charge is -2.04. The van der Waals surface area contributed by atoms with Crippen molar-refractivity contribution in [2.75, 3.05) is 0 Å². The Labute approximate surface area is 231 Å². The molecule has 0 spiro atoms. The number of carbonyl (C=O) groups is 2. The summed E-state index contributed by atoms with van der Waals surface area (Å²) in [6, 6.07) is 12.7. The molecule has 40 heavy (non-hydrogen) atoms. The summed E-state index contributed by atoms with van der Waals surface area (Å²) in [6.07, 6.45) is 13.2. The number of carbonyl (C=O) groups excluding carboxylic acids is 2. The molecule has 0 aliphatic heterocycles. The van der Waals surface area contributed by atoms with E-state index in [0.717, 1.165) is 22.8 Å². The highest BCUT2D eigenvalue weighted by Gasteiger charge is 2.05. The van der Waals surface area contributed by atoms with Gasteiger partial charge in [0, 0.05) is 55.5 Å². The summed E-state index contributed by atoms with van der Waals surface area (Å²) >= 11 is 0. The van der Waals surface area contributed by atoms with Gasteiger partial charge >= 0.3 is 12.1 Å². The quantitative estimate of drug-likeness (QED) is 0.354. The van der Waals surface area contributed by atoms with Gasteiger partial charge in [0.1, 0.15) is 25.6 Å². The first-order valence-electron chi connectivity index (χ1n) is 11.8. The van der Waals surface area contributed by atoms with Gasteiger partial charge in [0.15, 0.2) is 0 Å². The molecule has 13 nitrogen and oxygen atoms in total. The summed E-state index contributed by atoms with van der Waals surface area (Å²) < 4.78 is 9.08. The van der Waals surface area contributed by atoms with E-state index in [9.17, 15) is 9.59 Å². The first kappa shape index (κ1) is 30.7. The number of nitrogens with zero attached hydrogens (tertiary/aromatic N) is 9. The highest BCUT2D eigenvalue weighted by atomic mass is 16.5. The molecule has 0 saturated carbocycles. The van der Waals surface area contributed by atoms with Crippen molar-refractivity contribution >= 4 is 12.1 Å². The van der Waals surface area contributed by atoms with E-state index in [1.807, 2.05) is 44.2 Å². The van der Waals surface area contributed by atoms with Gasteiger partial charge in [-0.05, 0) is 38.1 Å². The molecule has 0 radical (unpaired) electrons. The van der Waals surface area contributed by atoms with Crippen LogP contribution in [0.1, 0.15) is 29.7 Å². The number of aromatic nitrogens is 8. The first-order valence-corrected chi connectivity index (χ1v) is 11.8. The largest absolute Gasteiger partial charge is 0.442 e. The van der Waals surface area contributed by atoms with Crippen LogP contribution in [0.3, 0.4) is 0 Å². The molecule has 5 aromatic heterocycles. The third kappa shape index (κ3) is 10.9. The van der Waals surface area contributed by atoms with E-state index in [0.29, 0.717) is 0 Å². The van der Waals surface area contributed by atoms with Crippen LogP contribution in [-0.2, 0) is 18.0 Å². The number of hydrogen-bond donors (Lipinski definition) is 1. The van der Waals surface area contributed by atoms with Crippen LogP contribution in [0.25, 0.3) is 0 Å². The normalized spacial score (nSPS) is 9.38. The Hall–Kier alpha value is -5.48. The van der Waals surface area contributed by atoms with Crippen molar-refractivity contribution in [3.8, 4) is 6.07 Å². The van der Waals surface area contributed by atoms with Gasteiger partial charge in [0.2, 0.25) is 0 Å². The monoisotopic (exact) mass is 543 g/mol. The molecule has 0 fully saturated rings. The average Bonchev–Trinajstić information content (AvgIpc) is 3.77. The summed E-state index contributed by atoms with van der Waals surface area (Å²) in [5.41, 5.74) is 3.31. The van der Waals surface area contributed by atoms with Gasteiger partial charge in [0.05, 0.1) is 24.1 Å². The highest BCUT2D eigenvalue weighted by Crippen LogP contribution is 2.01. The molecule has 0 bridgehead atoms. The fraction of sp³-hybridized carbons (Fsp3) is 0.185. The van der Waals surface area contributed by atoms with Crippen LogP contribution in [0.15, 0.2) is 92.6 Å². The molecular formula is C27H29N9O4. The number of aliphatic hydroxyl groups is 1. The van der Waals surface area contributed by atoms with Crippen molar-refractivity contribution in [2.45, 2.75) is 34.0 Å². The Morgan fingerprint density at radius 1 is 0.825 bits per heavy atom. The molecule has 5 aromatic rings. The molecule has 0 aliphatic carbocycles. The van der Waals surface area contributed by atoms with Crippen LogP contribution < -0.4 is 0 Å². The maximum Gasteiger partial charge on any atom is 0.419 e. The second-order valence-corrected chi connectivity index (χ2v) is 7.67. The van der Waals surface area contributed by atoms with E-state index in [1.54, 1.807) is 36.9 Å². The summed E-state index contributed by atoms with van der Waals surface area (Å²) in [4.78, 5) is 42.4. The lowest BCUT2D eigenvalue weighted by atomic mass is 10.3. The number of rotatable bonds is 3. The highest BCUT2D eigenvalue weighted by molar-refractivity contribution is 5.78. The molecule has 0 saturated heterocycles. The molecule has 0 unspecified atom stereocenters. The van der Waals surface area contributed by atoms with E-state index < -0.39 is 6.09 Å². The Morgan fingerprint density at radius 2 is 1.27 bits per heavy atom. The smallest absolute Gasteiger partial charge is 0.419 e. The van der Waals surface area contributed by atoms with Crippen molar-refractivity contribution in [3.05, 3.63) is 115 Å². The number of nitriles is 1. The van der Waals surface area contributed by atoms with Gasteiger partial charge in [-0.2, -0.15) is 5.26 Å². The number of hydrogen-bond acceptors (Lipinski definition) is 10. The molecule has 0 atom stereocenters.